The molecule has 0 fully saturated rings. The van der Waals surface area contributed by atoms with Crippen molar-refractivity contribution in [2.75, 3.05) is 6.26 Å². The first-order valence-electron chi connectivity index (χ1n) is 6.51. The number of rotatable bonds is 1. The fourth-order valence-corrected chi connectivity index (χ4v) is 3.85. The molecule has 1 aliphatic rings. The molecule has 3 aromatic rings. The number of hydrogen-bond donors (Lipinski definition) is 0. The number of benzene rings is 3. The van der Waals surface area contributed by atoms with Gasteiger partial charge in [0, 0.05) is 10.5 Å². The Labute approximate surface area is 117 Å². The third-order valence-electron chi connectivity index (χ3n) is 4.04. The summed E-state index contributed by atoms with van der Waals surface area (Å²) in [6, 6.07) is 17.8. The number of fused-ring (bicyclic) bond motifs is 3. The molecule has 0 unspecified atom stereocenters. The van der Waals surface area contributed by atoms with Crippen molar-refractivity contribution in [1.29, 1.82) is 0 Å². The van der Waals surface area contributed by atoms with Crippen LogP contribution in [-0.4, -0.2) is 6.26 Å². The molecule has 19 heavy (non-hydrogen) atoms. The lowest BCUT2D eigenvalue weighted by Crippen LogP contribution is -1.85. The van der Waals surface area contributed by atoms with E-state index < -0.39 is 0 Å². The van der Waals surface area contributed by atoms with Crippen LogP contribution in [0.2, 0.25) is 0 Å². The summed E-state index contributed by atoms with van der Waals surface area (Å²) in [4.78, 5) is 1.38. The highest BCUT2D eigenvalue weighted by molar-refractivity contribution is 7.98. The minimum absolute atomic E-state index is 1.35. The lowest BCUT2D eigenvalue weighted by molar-refractivity contribution is 1.40. The van der Waals surface area contributed by atoms with E-state index in [0.717, 1.165) is 0 Å². The maximum Gasteiger partial charge on any atom is 0.0154 e. The molecule has 0 spiro atoms. The molecule has 1 aliphatic carbocycles. The van der Waals surface area contributed by atoms with Gasteiger partial charge in [-0.1, -0.05) is 42.5 Å². The Morgan fingerprint density at radius 2 is 1.47 bits per heavy atom. The van der Waals surface area contributed by atoms with E-state index in [-0.39, 0.29) is 0 Å². The zero-order chi connectivity index (χ0) is 13.0. The third-order valence-corrected chi connectivity index (χ3v) is 4.82. The van der Waals surface area contributed by atoms with Gasteiger partial charge in [0.1, 0.15) is 0 Å². The summed E-state index contributed by atoms with van der Waals surface area (Å²) >= 11 is 1.84. The van der Waals surface area contributed by atoms with Crippen molar-refractivity contribution in [3.8, 4) is 22.3 Å². The van der Waals surface area contributed by atoms with Gasteiger partial charge in [-0.3, -0.25) is 0 Å². The first-order chi connectivity index (χ1) is 9.31. The standard InChI is InChI=1S/C18H14S/c1-11-9-10-15(19-2)18-14-8-4-6-12-5-3-7-13(16(11)18)17(12)14/h3-10H,1-2H3. The summed E-state index contributed by atoms with van der Waals surface area (Å²) in [5.41, 5.74) is 7.03. The van der Waals surface area contributed by atoms with Crippen LogP contribution in [0, 0.1) is 6.92 Å². The minimum Gasteiger partial charge on any atom is -0.129 e. The van der Waals surface area contributed by atoms with Gasteiger partial charge in [0.2, 0.25) is 0 Å². The van der Waals surface area contributed by atoms with Crippen LogP contribution in [0.15, 0.2) is 53.4 Å². The van der Waals surface area contributed by atoms with Gasteiger partial charge in [0.25, 0.3) is 0 Å². The summed E-state index contributed by atoms with van der Waals surface area (Å²) in [6.45, 7) is 2.22. The maximum atomic E-state index is 2.26. The summed E-state index contributed by atoms with van der Waals surface area (Å²) in [6.07, 6.45) is 2.16. The quantitative estimate of drug-likeness (QED) is 0.407. The van der Waals surface area contributed by atoms with Gasteiger partial charge in [-0.15, -0.1) is 11.8 Å². The first kappa shape index (κ1) is 11.1. The van der Waals surface area contributed by atoms with Gasteiger partial charge in [-0.05, 0) is 52.3 Å². The molecule has 92 valence electrons. The van der Waals surface area contributed by atoms with Crippen LogP contribution in [0.25, 0.3) is 33.0 Å². The van der Waals surface area contributed by atoms with Crippen LogP contribution in [0.5, 0.6) is 0 Å². The molecule has 3 aromatic carbocycles. The SMILES string of the molecule is CSc1ccc(C)c2c1-c1cccc3cccc-2c13. The Kier molecular flexibility index (Phi) is 2.27. The lowest BCUT2D eigenvalue weighted by atomic mass is 9.99. The van der Waals surface area contributed by atoms with E-state index in [1.165, 1.54) is 43.5 Å². The first-order valence-corrected chi connectivity index (χ1v) is 7.74. The molecule has 1 heteroatoms. The fraction of sp³-hybridized carbons (Fsp3) is 0.111. The Bertz CT molecular complexity index is 810. The second-order valence-electron chi connectivity index (χ2n) is 5.04. The molecule has 0 radical (unpaired) electrons. The Hall–Kier alpha value is -1.73. The fourth-order valence-electron chi connectivity index (χ4n) is 3.23. The maximum absolute atomic E-state index is 2.26. The van der Waals surface area contributed by atoms with Crippen molar-refractivity contribution in [3.05, 3.63) is 54.1 Å². The van der Waals surface area contributed by atoms with Crippen LogP contribution in [0.1, 0.15) is 5.56 Å². The molecule has 4 rings (SSSR count). The largest absolute Gasteiger partial charge is 0.129 e. The van der Waals surface area contributed by atoms with Gasteiger partial charge < -0.3 is 0 Å². The van der Waals surface area contributed by atoms with Crippen LogP contribution < -0.4 is 0 Å². The Morgan fingerprint density at radius 1 is 0.789 bits per heavy atom. The molecule has 0 heterocycles. The van der Waals surface area contributed by atoms with Crippen LogP contribution in [0.3, 0.4) is 0 Å². The zero-order valence-corrected chi connectivity index (χ0v) is 11.8. The van der Waals surface area contributed by atoms with E-state index in [2.05, 4.69) is 61.7 Å². The van der Waals surface area contributed by atoms with E-state index in [1.807, 2.05) is 11.8 Å². The molecule has 0 bridgehead atoms. The predicted octanol–water partition coefficient (Wildman–Crippen LogP) is 5.52. The third kappa shape index (κ3) is 1.36. The summed E-state index contributed by atoms with van der Waals surface area (Å²) in [5, 5.41) is 2.77. The van der Waals surface area contributed by atoms with E-state index in [1.54, 1.807) is 0 Å². The van der Waals surface area contributed by atoms with E-state index in [0.29, 0.717) is 0 Å². The molecule has 0 saturated heterocycles. The average molecular weight is 262 g/mol. The van der Waals surface area contributed by atoms with Gasteiger partial charge in [-0.2, -0.15) is 0 Å². The Balaban J connectivity index is 2.26. The zero-order valence-electron chi connectivity index (χ0n) is 11.0. The van der Waals surface area contributed by atoms with Gasteiger partial charge >= 0.3 is 0 Å². The van der Waals surface area contributed by atoms with Gasteiger partial charge in [0.05, 0.1) is 0 Å². The number of hydrogen-bond acceptors (Lipinski definition) is 1. The topological polar surface area (TPSA) is 0 Å². The minimum atomic E-state index is 1.35. The monoisotopic (exact) mass is 262 g/mol. The molecule has 0 atom stereocenters. The summed E-state index contributed by atoms with van der Waals surface area (Å²) in [7, 11) is 0. The molecule has 0 aromatic heterocycles. The van der Waals surface area contributed by atoms with Crippen LogP contribution >= 0.6 is 11.8 Å². The molecule has 0 nitrogen and oxygen atoms in total. The highest BCUT2D eigenvalue weighted by Gasteiger charge is 2.24. The highest BCUT2D eigenvalue weighted by Crippen LogP contribution is 2.51. The lowest BCUT2D eigenvalue weighted by Gasteiger charge is -2.10. The highest BCUT2D eigenvalue weighted by atomic mass is 32.2. The summed E-state index contributed by atoms with van der Waals surface area (Å²) < 4.78 is 0. The second-order valence-corrected chi connectivity index (χ2v) is 5.89. The predicted molar refractivity (Wildman–Crippen MR) is 84.9 cm³/mol. The summed E-state index contributed by atoms with van der Waals surface area (Å²) in [5.74, 6) is 0. The van der Waals surface area contributed by atoms with Crippen molar-refractivity contribution < 1.29 is 0 Å². The van der Waals surface area contributed by atoms with Crippen molar-refractivity contribution in [1.82, 2.24) is 0 Å². The normalized spacial score (nSPS) is 11.9. The molecule has 0 N–H and O–H groups in total. The van der Waals surface area contributed by atoms with Crippen LogP contribution in [-0.2, 0) is 0 Å². The molecule has 0 amide bonds. The molecule has 0 aliphatic heterocycles. The average Bonchev–Trinajstić information content (AvgIpc) is 2.78. The molecular weight excluding hydrogens is 248 g/mol. The van der Waals surface area contributed by atoms with Gasteiger partial charge in [-0.25, -0.2) is 0 Å². The van der Waals surface area contributed by atoms with E-state index in [9.17, 15) is 0 Å². The number of aryl methyl sites for hydroxylation is 1. The van der Waals surface area contributed by atoms with Gasteiger partial charge in [0.15, 0.2) is 0 Å². The molecular formula is C18H14S. The second kappa shape index (κ2) is 3.88. The van der Waals surface area contributed by atoms with Crippen molar-refractivity contribution >= 4 is 22.5 Å². The van der Waals surface area contributed by atoms with E-state index >= 15 is 0 Å². The smallest absolute Gasteiger partial charge is 0.0154 e. The Morgan fingerprint density at radius 3 is 2.16 bits per heavy atom. The van der Waals surface area contributed by atoms with Crippen LogP contribution in [0.4, 0.5) is 0 Å². The molecule has 0 saturated carbocycles. The number of thioether (sulfide) groups is 1. The van der Waals surface area contributed by atoms with Crippen molar-refractivity contribution in [2.24, 2.45) is 0 Å². The van der Waals surface area contributed by atoms with Crippen molar-refractivity contribution in [2.45, 2.75) is 11.8 Å². The van der Waals surface area contributed by atoms with Crippen molar-refractivity contribution in [3.63, 3.8) is 0 Å². The van der Waals surface area contributed by atoms with E-state index in [4.69, 9.17) is 0 Å².